The smallest absolute Gasteiger partial charge is 0.351 e. The lowest BCUT2D eigenvalue weighted by Crippen LogP contribution is -2.28. The van der Waals surface area contributed by atoms with E-state index in [0.29, 0.717) is 28.7 Å². The fourth-order valence-electron chi connectivity index (χ4n) is 3.19. The van der Waals surface area contributed by atoms with Crippen molar-refractivity contribution < 1.29 is 23.7 Å². The molecule has 0 fully saturated rings. The Morgan fingerprint density at radius 1 is 1.16 bits per heavy atom. The van der Waals surface area contributed by atoms with Crippen LogP contribution in [0.3, 0.4) is 0 Å². The summed E-state index contributed by atoms with van der Waals surface area (Å²) in [5, 5.41) is 6.95. The van der Waals surface area contributed by atoms with Crippen LogP contribution in [-0.4, -0.2) is 39.0 Å². The predicted octanol–water partition coefficient (Wildman–Crippen LogP) is 2.06. The summed E-state index contributed by atoms with van der Waals surface area (Å²) in [5.41, 5.74) is 0.190. The highest BCUT2D eigenvalue weighted by Crippen LogP contribution is 2.34. The number of rotatable bonds is 6. The second-order valence-corrected chi connectivity index (χ2v) is 6.76. The van der Waals surface area contributed by atoms with E-state index < -0.39 is 11.6 Å². The van der Waals surface area contributed by atoms with Crippen molar-refractivity contribution in [3.63, 3.8) is 0 Å². The van der Waals surface area contributed by atoms with Gasteiger partial charge in [-0.25, -0.2) is 18.9 Å². The molecule has 0 atom stereocenters. The van der Waals surface area contributed by atoms with Gasteiger partial charge in [0, 0.05) is 30.2 Å². The Morgan fingerprint density at radius 2 is 2.00 bits per heavy atom. The van der Waals surface area contributed by atoms with Crippen molar-refractivity contribution in [2.75, 3.05) is 19.2 Å². The Bertz CT molecular complexity index is 1380. The van der Waals surface area contributed by atoms with Crippen molar-refractivity contribution in [1.82, 2.24) is 19.2 Å². The molecule has 11 nitrogen and oxygen atoms in total. The standard InChI is InChI=1S/C21H17N5O6/c1-29-14-3-2-4-15(10-14)32-20-19-24-26(21(28)25(19)8-7-22-20)11-18(27)23-13-5-6-16-17(9-13)31-12-30-16/h2-10H,11-12H2,1H3,(H,23,27). The third-order valence-electron chi connectivity index (χ3n) is 4.67. The van der Waals surface area contributed by atoms with Crippen molar-refractivity contribution >= 4 is 17.2 Å². The van der Waals surface area contributed by atoms with Crippen LogP contribution in [-0.2, 0) is 11.3 Å². The van der Waals surface area contributed by atoms with E-state index >= 15 is 0 Å². The molecule has 1 aliphatic heterocycles. The molecule has 0 spiro atoms. The Balaban J connectivity index is 1.37. The summed E-state index contributed by atoms with van der Waals surface area (Å²) in [6, 6.07) is 12.0. The zero-order valence-electron chi connectivity index (χ0n) is 16.8. The van der Waals surface area contributed by atoms with E-state index in [1.54, 1.807) is 49.6 Å². The van der Waals surface area contributed by atoms with Gasteiger partial charge in [-0.05, 0) is 24.3 Å². The van der Waals surface area contributed by atoms with Gasteiger partial charge in [0.15, 0.2) is 11.5 Å². The Kier molecular flexibility index (Phi) is 4.82. The second kappa shape index (κ2) is 7.95. The number of benzene rings is 2. The summed E-state index contributed by atoms with van der Waals surface area (Å²) >= 11 is 0. The molecule has 0 bridgehead atoms. The molecule has 1 aliphatic rings. The predicted molar refractivity (Wildman–Crippen MR) is 112 cm³/mol. The molecule has 2 aromatic carbocycles. The van der Waals surface area contributed by atoms with E-state index in [-0.39, 0.29) is 24.9 Å². The van der Waals surface area contributed by atoms with E-state index in [4.69, 9.17) is 18.9 Å². The Hall–Kier alpha value is -4.54. The second-order valence-electron chi connectivity index (χ2n) is 6.76. The first-order chi connectivity index (χ1) is 15.6. The maximum Gasteiger partial charge on any atom is 0.351 e. The van der Waals surface area contributed by atoms with Crippen LogP contribution in [0.25, 0.3) is 5.65 Å². The summed E-state index contributed by atoms with van der Waals surface area (Å²) < 4.78 is 23.8. The summed E-state index contributed by atoms with van der Waals surface area (Å²) in [6.07, 6.45) is 2.87. The topological polar surface area (TPSA) is 118 Å². The van der Waals surface area contributed by atoms with Crippen molar-refractivity contribution in [2.24, 2.45) is 0 Å². The maximum absolute atomic E-state index is 12.7. The number of hydrogen-bond donors (Lipinski definition) is 1. The van der Waals surface area contributed by atoms with Gasteiger partial charge in [0.2, 0.25) is 18.3 Å². The zero-order chi connectivity index (χ0) is 22.1. The highest BCUT2D eigenvalue weighted by molar-refractivity contribution is 5.90. The molecule has 0 aliphatic carbocycles. The lowest BCUT2D eigenvalue weighted by Gasteiger charge is -2.06. The number of hydrogen-bond acceptors (Lipinski definition) is 8. The average Bonchev–Trinajstić information content (AvgIpc) is 3.39. The first-order valence-corrected chi connectivity index (χ1v) is 9.56. The SMILES string of the molecule is COc1cccc(Oc2nccn3c(=O)n(CC(=O)Nc4ccc5c(c4)OCO5)nc23)c1. The summed E-state index contributed by atoms with van der Waals surface area (Å²) in [6.45, 7) is -0.162. The number of anilines is 1. The van der Waals surface area contributed by atoms with Crippen LogP contribution >= 0.6 is 0 Å². The van der Waals surface area contributed by atoms with Crippen molar-refractivity contribution in [3.05, 3.63) is 65.3 Å². The first-order valence-electron chi connectivity index (χ1n) is 9.56. The van der Waals surface area contributed by atoms with Gasteiger partial charge in [-0.1, -0.05) is 6.07 Å². The molecule has 4 aromatic rings. The van der Waals surface area contributed by atoms with Gasteiger partial charge in [0.25, 0.3) is 5.88 Å². The molecule has 11 heteroatoms. The van der Waals surface area contributed by atoms with Crippen LogP contribution in [0.5, 0.6) is 28.9 Å². The minimum Gasteiger partial charge on any atom is -0.497 e. The number of nitrogens with one attached hydrogen (secondary N) is 1. The molecule has 5 rings (SSSR count). The molecule has 1 N–H and O–H groups in total. The Labute approximate surface area is 180 Å². The molecule has 162 valence electrons. The van der Waals surface area contributed by atoms with Crippen LogP contribution in [0.2, 0.25) is 0 Å². The molecule has 0 radical (unpaired) electrons. The third kappa shape index (κ3) is 3.67. The minimum atomic E-state index is -0.501. The van der Waals surface area contributed by atoms with Gasteiger partial charge in [-0.3, -0.25) is 4.79 Å². The van der Waals surface area contributed by atoms with Crippen LogP contribution in [0.4, 0.5) is 5.69 Å². The molecule has 0 saturated heterocycles. The molecule has 2 aromatic heterocycles. The molecular formula is C21H17N5O6. The van der Waals surface area contributed by atoms with Crippen molar-refractivity contribution in [3.8, 4) is 28.9 Å². The number of aromatic nitrogens is 4. The summed E-state index contributed by atoms with van der Waals surface area (Å²) in [5.74, 6) is 1.91. The Morgan fingerprint density at radius 3 is 2.88 bits per heavy atom. The van der Waals surface area contributed by atoms with Crippen molar-refractivity contribution in [1.29, 1.82) is 0 Å². The zero-order valence-corrected chi connectivity index (χ0v) is 16.8. The quantitative estimate of drug-likeness (QED) is 0.489. The van der Waals surface area contributed by atoms with Crippen molar-refractivity contribution in [2.45, 2.75) is 6.54 Å². The number of carbonyl (C=O) groups excluding carboxylic acids is 1. The van der Waals surface area contributed by atoms with Crippen LogP contribution in [0.15, 0.2) is 59.7 Å². The summed E-state index contributed by atoms with van der Waals surface area (Å²) in [4.78, 5) is 29.4. The van der Waals surface area contributed by atoms with E-state index in [0.717, 1.165) is 4.68 Å². The van der Waals surface area contributed by atoms with Gasteiger partial charge in [0.1, 0.15) is 18.0 Å². The van der Waals surface area contributed by atoms with E-state index in [1.807, 2.05) is 0 Å². The van der Waals surface area contributed by atoms with E-state index in [2.05, 4.69) is 15.4 Å². The molecule has 32 heavy (non-hydrogen) atoms. The lowest BCUT2D eigenvalue weighted by molar-refractivity contribution is -0.117. The lowest BCUT2D eigenvalue weighted by atomic mass is 10.3. The highest BCUT2D eigenvalue weighted by atomic mass is 16.7. The number of amides is 1. The van der Waals surface area contributed by atoms with Crippen LogP contribution in [0.1, 0.15) is 0 Å². The number of nitrogens with zero attached hydrogens (tertiary/aromatic N) is 4. The fourth-order valence-corrected chi connectivity index (χ4v) is 3.19. The highest BCUT2D eigenvalue weighted by Gasteiger charge is 2.17. The maximum atomic E-state index is 12.7. The van der Waals surface area contributed by atoms with Gasteiger partial charge < -0.3 is 24.3 Å². The third-order valence-corrected chi connectivity index (χ3v) is 4.67. The van der Waals surface area contributed by atoms with Gasteiger partial charge in [0.05, 0.1) is 7.11 Å². The minimum absolute atomic E-state index is 0.118. The largest absolute Gasteiger partial charge is 0.497 e. The average molecular weight is 435 g/mol. The summed E-state index contributed by atoms with van der Waals surface area (Å²) in [7, 11) is 1.55. The fraction of sp³-hybridized carbons (Fsp3) is 0.143. The van der Waals surface area contributed by atoms with E-state index in [1.165, 1.54) is 16.8 Å². The monoisotopic (exact) mass is 435 g/mol. The molecule has 0 saturated carbocycles. The van der Waals surface area contributed by atoms with Gasteiger partial charge >= 0.3 is 5.69 Å². The number of fused-ring (bicyclic) bond motifs is 2. The first kappa shape index (κ1) is 19.4. The molecular weight excluding hydrogens is 418 g/mol. The van der Waals surface area contributed by atoms with Crippen LogP contribution in [0, 0.1) is 0 Å². The normalized spacial score (nSPS) is 12.0. The van der Waals surface area contributed by atoms with Gasteiger partial charge in [-0.2, -0.15) is 0 Å². The van der Waals surface area contributed by atoms with Gasteiger partial charge in [-0.15, -0.1) is 5.10 Å². The van der Waals surface area contributed by atoms with E-state index in [9.17, 15) is 9.59 Å². The van der Waals surface area contributed by atoms with Crippen LogP contribution < -0.4 is 30.0 Å². The molecule has 0 unspecified atom stereocenters. The molecule has 3 heterocycles. The number of ether oxygens (including phenoxy) is 4. The number of carbonyl (C=O) groups is 1. The number of methoxy groups -OCH3 is 1. The molecule has 1 amide bonds.